The SMILES string of the molecule is O=C1C(=Cc2ccc3c(c2)OCO3)Oc2c1ccc(O)c2CN1CCCCCC1. The molecule has 29 heavy (non-hydrogen) atoms. The number of hydrogen-bond acceptors (Lipinski definition) is 6. The van der Waals surface area contributed by atoms with Gasteiger partial charge in [-0.25, -0.2) is 0 Å². The molecule has 3 aliphatic heterocycles. The van der Waals surface area contributed by atoms with E-state index in [9.17, 15) is 9.90 Å². The minimum Gasteiger partial charge on any atom is -0.507 e. The second-order valence-corrected chi connectivity index (χ2v) is 7.68. The summed E-state index contributed by atoms with van der Waals surface area (Å²) in [5, 5.41) is 10.5. The number of nitrogens with zero attached hydrogens (tertiary/aromatic N) is 1. The Morgan fingerprint density at radius 3 is 2.62 bits per heavy atom. The maximum atomic E-state index is 12.9. The molecular formula is C23H23NO5. The summed E-state index contributed by atoms with van der Waals surface area (Å²) < 4.78 is 16.7. The Hall–Kier alpha value is -2.99. The van der Waals surface area contributed by atoms with Gasteiger partial charge < -0.3 is 19.3 Å². The van der Waals surface area contributed by atoms with Crippen LogP contribution in [0.5, 0.6) is 23.0 Å². The van der Waals surface area contributed by atoms with Gasteiger partial charge in [0.05, 0.1) is 11.1 Å². The number of hydrogen-bond donors (Lipinski definition) is 1. The third-order valence-corrected chi connectivity index (χ3v) is 5.69. The topological polar surface area (TPSA) is 68.2 Å². The summed E-state index contributed by atoms with van der Waals surface area (Å²) in [6.07, 6.45) is 6.51. The Morgan fingerprint density at radius 1 is 1.00 bits per heavy atom. The second kappa shape index (κ2) is 7.44. The lowest BCUT2D eigenvalue weighted by Crippen LogP contribution is -2.24. The number of carbonyl (C=O) groups is 1. The van der Waals surface area contributed by atoms with Crippen molar-refractivity contribution in [2.75, 3.05) is 19.9 Å². The molecule has 0 radical (unpaired) electrons. The number of likely N-dealkylation sites (tertiary alicyclic amines) is 1. The summed E-state index contributed by atoms with van der Waals surface area (Å²) in [4.78, 5) is 15.2. The quantitative estimate of drug-likeness (QED) is 0.792. The zero-order valence-electron chi connectivity index (χ0n) is 16.1. The molecule has 2 aromatic rings. The highest BCUT2D eigenvalue weighted by atomic mass is 16.7. The lowest BCUT2D eigenvalue weighted by molar-refractivity contribution is 0.101. The van der Waals surface area contributed by atoms with E-state index in [1.165, 1.54) is 12.8 Å². The standard InChI is InChI=1S/C23H23NO5/c25-18-7-6-16-22(26)21(12-15-5-8-19-20(11-15)28-14-27-19)29-23(16)17(18)13-24-9-3-1-2-4-10-24/h5-8,11-12,25H,1-4,9-10,13-14H2. The Balaban J connectivity index is 1.44. The van der Waals surface area contributed by atoms with Crippen LogP contribution in [0.3, 0.4) is 0 Å². The summed E-state index contributed by atoms with van der Waals surface area (Å²) >= 11 is 0. The summed E-state index contributed by atoms with van der Waals surface area (Å²) in [5.41, 5.74) is 1.98. The Labute approximate surface area is 169 Å². The van der Waals surface area contributed by atoms with Crippen LogP contribution in [0.2, 0.25) is 0 Å². The average molecular weight is 393 g/mol. The van der Waals surface area contributed by atoms with Crippen molar-refractivity contribution in [3.05, 3.63) is 52.8 Å². The summed E-state index contributed by atoms with van der Waals surface area (Å²) in [6, 6.07) is 8.73. The van der Waals surface area contributed by atoms with Gasteiger partial charge in [-0.2, -0.15) is 0 Å². The molecule has 3 heterocycles. The number of aromatic hydroxyl groups is 1. The Kier molecular flexibility index (Phi) is 4.64. The van der Waals surface area contributed by atoms with Crippen molar-refractivity contribution >= 4 is 11.9 Å². The molecule has 0 aromatic heterocycles. The molecule has 0 spiro atoms. The number of benzene rings is 2. The molecule has 0 unspecified atom stereocenters. The maximum Gasteiger partial charge on any atom is 0.231 e. The van der Waals surface area contributed by atoms with Crippen molar-refractivity contribution in [1.29, 1.82) is 0 Å². The summed E-state index contributed by atoms with van der Waals surface area (Å²) in [5.74, 6) is 2.08. The van der Waals surface area contributed by atoms with Crippen LogP contribution in [0.15, 0.2) is 36.1 Å². The van der Waals surface area contributed by atoms with E-state index in [0.29, 0.717) is 34.9 Å². The first-order valence-corrected chi connectivity index (χ1v) is 10.1. The largest absolute Gasteiger partial charge is 0.507 e. The van der Waals surface area contributed by atoms with E-state index in [4.69, 9.17) is 14.2 Å². The van der Waals surface area contributed by atoms with Gasteiger partial charge in [0, 0.05) is 6.54 Å². The van der Waals surface area contributed by atoms with E-state index in [-0.39, 0.29) is 24.1 Å². The normalized spacial score (nSPS) is 19.9. The van der Waals surface area contributed by atoms with E-state index in [0.717, 1.165) is 31.5 Å². The minimum atomic E-state index is -0.171. The van der Waals surface area contributed by atoms with E-state index in [1.54, 1.807) is 18.2 Å². The van der Waals surface area contributed by atoms with Gasteiger partial charge in [0.1, 0.15) is 11.5 Å². The fourth-order valence-corrected chi connectivity index (χ4v) is 4.12. The van der Waals surface area contributed by atoms with Crippen LogP contribution < -0.4 is 14.2 Å². The molecule has 1 saturated heterocycles. The highest BCUT2D eigenvalue weighted by molar-refractivity contribution is 6.15. The fourth-order valence-electron chi connectivity index (χ4n) is 4.12. The highest BCUT2D eigenvalue weighted by Gasteiger charge is 2.32. The first-order chi connectivity index (χ1) is 14.2. The summed E-state index contributed by atoms with van der Waals surface area (Å²) in [7, 11) is 0. The van der Waals surface area contributed by atoms with Gasteiger partial charge in [-0.15, -0.1) is 0 Å². The van der Waals surface area contributed by atoms with Gasteiger partial charge in [-0.05, 0) is 61.8 Å². The number of phenols is 1. The molecule has 5 rings (SSSR count). The molecule has 0 amide bonds. The van der Waals surface area contributed by atoms with Crippen molar-refractivity contribution < 1.29 is 24.1 Å². The molecule has 0 atom stereocenters. The smallest absolute Gasteiger partial charge is 0.231 e. The van der Waals surface area contributed by atoms with Crippen LogP contribution in [-0.4, -0.2) is 35.7 Å². The molecule has 150 valence electrons. The van der Waals surface area contributed by atoms with Crippen LogP contribution in [-0.2, 0) is 6.54 Å². The third-order valence-electron chi connectivity index (χ3n) is 5.69. The molecule has 1 N–H and O–H groups in total. The predicted molar refractivity (Wildman–Crippen MR) is 107 cm³/mol. The van der Waals surface area contributed by atoms with Crippen LogP contribution in [0.4, 0.5) is 0 Å². The van der Waals surface area contributed by atoms with Crippen molar-refractivity contribution in [2.24, 2.45) is 0 Å². The van der Waals surface area contributed by atoms with Gasteiger partial charge >= 0.3 is 0 Å². The molecule has 6 heteroatoms. The van der Waals surface area contributed by atoms with Gasteiger partial charge in [0.2, 0.25) is 12.6 Å². The molecule has 2 aromatic carbocycles. The van der Waals surface area contributed by atoms with E-state index in [2.05, 4.69) is 4.90 Å². The predicted octanol–water partition coefficient (Wildman–Crippen LogP) is 4.11. The zero-order valence-corrected chi connectivity index (χ0v) is 16.1. The lowest BCUT2D eigenvalue weighted by Gasteiger charge is -2.21. The fraction of sp³-hybridized carbons (Fsp3) is 0.348. The number of fused-ring (bicyclic) bond motifs is 2. The molecule has 0 aliphatic carbocycles. The Bertz CT molecular complexity index is 989. The third kappa shape index (κ3) is 3.44. The lowest BCUT2D eigenvalue weighted by atomic mass is 10.0. The van der Waals surface area contributed by atoms with Crippen LogP contribution >= 0.6 is 0 Å². The zero-order chi connectivity index (χ0) is 19.8. The van der Waals surface area contributed by atoms with E-state index < -0.39 is 0 Å². The van der Waals surface area contributed by atoms with E-state index >= 15 is 0 Å². The number of Topliss-reactive ketones (excluding diaryl/α,β-unsaturated/α-hetero) is 1. The molecule has 6 nitrogen and oxygen atoms in total. The van der Waals surface area contributed by atoms with E-state index in [1.807, 2.05) is 18.2 Å². The number of ether oxygens (including phenoxy) is 3. The maximum absolute atomic E-state index is 12.9. The first kappa shape index (κ1) is 18.1. The van der Waals surface area contributed by atoms with Crippen molar-refractivity contribution in [3.63, 3.8) is 0 Å². The van der Waals surface area contributed by atoms with Gasteiger partial charge in [-0.3, -0.25) is 9.69 Å². The number of ketones is 1. The van der Waals surface area contributed by atoms with Crippen molar-refractivity contribution in [3.8, 4) is 23.0 Å². The van der Waals surface area contributed by atoms with Crippen molar-refractivity contribution in [2.45, 2.75) is 32.2 Å². The van der Waals surface area contributed by atoms with Gasteiger partial charge in [0.15, 0.2) is 17.3 Å². The van der Waals surface area contributed by atoms with Crippen LogP contribution in [0.25, 0.3) is 6.08 Å². The van der Waals surface area contributed by atoms with Crippen LogP contribution in [0.1, 0.15) is 47.2 Å². The number of rotatable bonds is 3. The minimum absolute atomic E-state index is 0.171. The molecule has 0 saturated carbocycles. The van der Waals surface area contributed by atoms with Gasteiger partial charge in [-0.1, -0.05) is 18.9 Å². The monoisotopic (exact) mass is 393 g/mol. The number of allylic oxidation sites excluding steroid dienone is 1. The molecule has 0 bridgehead atoms. The molecule has 1 fully saturated rings. The van der Waals surface area contributed by atoms with Gasteiger partial charge in [0.25, 0.3) is 0 Å². The van der Waals surface area contributed by atoms with Crippen LogP contribution in [0, 0.1) is 0 Å². The average Bonchev–Trinajstić information content (AvgIpc) is 3.20. The van der Waals surface area contributed by atoms with Crippen molar-refractivity contribution in [1.82, 2.24) is 4.90 Å². The Morgan fingerprint density at radius 2 is 1.79 bits per heavy atom. The molecular weight excluding hydrogens is 370 g/mol. The first-order valence-electron chi connectivity index (χ1n) is 10.1. The molecule has 3 aliphatic rings. The summed E-state index contributed by atoms with van der Waals surface area (Å²) in [6.45, 7) is 2.78. The number of carbonyl (C=O) groups excluding carboxylic acids is 1. The highest BCUT2D eigenvalue weighted by Crippen LogP contribution is 2.41. The second-order valence-electron chi connectivity index (χ2n) is 7.68. The number of phenolic OH excluding ortho intramolecular Hbond substituents is 1.